The van der Waals surface area contributed by atoms with Crippen molar-refractivity contribution in [3.8, 4) is 0 Å². The van der Waals surface area contributed by atoms with Gasteiger partial charge in [0.15, 0.2) is 0 Å². The van der Waals surface area contributed by atoms with Crippen LogP contribution in [0.15, 0.2) is 30.3 Å². The number of esters is 2. The molecule has 1 saturated heterocycles. The Morgan fingerprint density at radius 2 is 1.58 bits per heavy atom. The lowest BCUT2D eigenvalue weighted by Crippen LogP contribution is -2.53. The first-order chi connectivity index (χ1) is 15.4. The summed E-state index contributed by atoms with van der Waals surface area (Å²) in [6, 6.07) is 7.09. The van der Waals surface area contributed by atoms with Gasteiger partial charge in [-0.1, -0.05) is 44.2 Å². The summed E-state index contributed by atoms with van der Waals surface area (Å²) in [5.41, 5.74) is -6.53. The van der Waals surface area contributed by atoms with Gasteiger partial charge in [0.05, 0.1) is 25.2 Å². The molecule has 2 amide bonds. The Hall–Kier alpha value is -2.97. The van der Waals surface area contributed by atoms with Crippen LogP contribution in [-0.2, 0) is 28.6 Å². The summed E-state index contributed by atoms with van der Waals surface area (Å²) >= 11 is 0. The number of imide groups is 1. The third kappa shape index (κ3) is 3.40. The zero-order valence-corrected chi connectivity index (χ0v) is 19.7. The summed E-state index contributed by atoms with van der Waals surface area (Å²) in [6.07, 6.45) is -1.03. The van der Waals surface area contributed by atoms with Crippen molar-refractivity contribution >= 4 is 23.9 Å². The Morgan fingerprint density at radius 3 is 2.03 bits per heavy atom. The quantitative estimate of drug-likeness (QED) is 0.347. The molecular weight excluding hydrogens is 433 g/mol. The van der Waals surface area contributed by atoms with Crippen LogP contribution in [-0.4, -0.2) is 59.4 Å². The summed E-state index contributed by atoms with van der Waals surface area (Å²) in [6.45, 7) is 9.52. The minimum atomic E-state index is -3.10. The van der Waals surface area contributed by atoms with E-state index in [9.17, 15) is 19.2 Å². The highest BCUT2D eigenvalue weighted by molar-refractivity contribution is 6.18. The fourth-order valence-corrected chi connectivity index (χ4v) is 5.21. The molecule has 0 N–H and O–H groups in total. The van der Waals surface area contributed by atoms with Gasteiger partial charge in [-0.3, -0.25) is 14.4 Å². The first-order valence-corrected chi connectivity index (χ1v) is 11.1. The Bertz CT molecular complexity index is 943. The second-order valence-electron chi connectivity index (χ2n) is 9.14. The Balaban J connectivity index is 2.21. The molecule has 1 heterocycles. The molecule has 1 aromatic rings. The van der Waals surface area contributed by atoms with Gasteiger partial charge in [0.25, 0.3) is 5.91 Å². The molecule has 33 heavy (non-hydrogen) atoms. The van der Waals surface area contributed by atoms with Crippen molar-refractivity contribution < 1.29 is 37.8 Å². The summed E-state index contributed by atoms with van der Waals surface area (Å²) in [7, 11) is 0. The van der Waals surface area contributed by atoms with Crippen molar-refractivity contribution in [2.45, 2.75) is 64.8 Å². The van der Waals surface area contributed by atoms with E-state index in [1.807, 2.05) is 0 Å². The van der Waals surface area contributed by atoms with Crippen LogP contribution in [0.5, 0.6) is 0 Å². The molecule has 0 spiro atoms. The Kier molecular flexibility index (Phi) is 6.30. The van der Waals surface area contributed by atoms with E-state index >= 15 is 4.39 Å². The molecule has 2 unspecified atom stereocenters. The molecule has 1 aliphatic heterocycles. The molecule has 1 aromatic carbocycles. The van der Waals surface area contributed by atoms with Crippen molar-refractivity contribution in [2.24, 2.45) is 11.3 Å². The molecule has 2 fully saturated rings. The van der Waals surface area contributed by atoms with Gasteiger partial charge < -0.3 is 14.2 Å². The number of alkyl halides is 1. The fourth-order valence-electron chi connectivity index (χ4n) is 5.21. The average molecular weight is 464 g/mol. The lowest BCUT2D eigenvalue weighted by molar-refractivity contribution is -0.169. The van der Waals surface area contributed by atoms with Crippen LogP contribution in [0.25, 0.3) is 0 Å². The number of carbonyl (C=O) groups excluding carboxylic acids is 4. The largest absolute Gasteiger partial charge is 0.465 e. The molecule has 180 valence electrons. The lowest BCUT2D eigenvalue weighted by Gasteiger charge is -2.32. The maximum Gasteiger partial charge on any atom is 0.417 e. The highest BCUT2D eigenvalue weighted by Crippen LogP contribution is 2.72. The van der Waals surface area contributed by atoms with Crippen molar-refractivity contribution in [2.75, 3.05) is 13.2 Å². The number of halogens is 1. The van der Waals surface area contributed by atoms with Crippen molar-refractivity contribution in [1.29, 1.82) is 0 Å². The van der Waals surface area contributed by atoms with Gasteiger partial charge >= 0.3 is 18.0 Å². The van der Waals surface area contributed by atoms with Gasteiger partial charge in [-0.15, -0.1) is 0 Å². The molecule has 3 atom stereocenters. The highest BCUT2D eigenvalue weighted by atomic mass is 19.1. The maximum atomic E-state index is 17.0. The Morgan fingerprint density at radius 1 is 1.06 bits per heavy atom. The smallest absolute Gasteiger partial charge is 0.417 e. The average Bonchev–Trinajstić information content (AvgIpc) is 3.23. The molecule has 2 aliphatic rings. The zero-order valence-electron chi connectivity index (χ0n) is 19.7. The van der Waals surface area contributed by atoms with Crippen molar-refractivity contribution in [3.05, 3.63) is 35.9 Å². The number of carbonyl (C=O) groups is 4. The topological polar surface area (TPSA) is 99.2 Å². The number of hydrogen-bond donors (Lipinski definition) is 0. The van der Waals surface area contributed by atoms with Gasteiger partial charge in [0.1, 0.15) is 5.60 Å². The van der Waals surface area contributed by atoms with Crippen LogP contribution in [0.3, 0.4) is 0 Å². The number of cyclic esters (lactones) is 1. The first-order valence-electron chi connectivity index (χ1n) is 11.1. The predicted octanol–water partition coefficient (Wildman–Crippen LogP) is 3.39. The number of benzene rings is 1. The van der Waals surface area contributed by atoms with E-state index in [1.54, 1.807) is 45.9 Å². The SMILES string of the molecule is CCOC(=O)C1(C(=O)OCC)C(c2ccccc2)C1(F)C(=O)N1C(=O)OC(C)(C)[C@@H]1C(C)C. The van der Waals surface area contributed by atoms with E-state index in [0.717, 1.165) is 0 Å². The molecule has 3 rings (SSSR count). The van der Waals surface area contributed by atoms with Crippen LogP contribution >= 0.6 is 0 Å². The zero-order chi connectivity index (χ0) is 24.8. The molecule has 0 aromatic heterocycles. The van der Waals surface area contributed by atoms with Gasteiger partial charge in [-0.05, 0) is 39.2 Å². The summed E-state index contributed by atoms with van der Waals surface area (Å²) < 4.78 is 32.5. The predicted molar refractivity (Wildman–Crippen MR) is 115 cm³/mol. The number of hydrogen-bond acceptors (Lipinski definition) is 7. The van der Waals surface area contributed by atoms with Crippen LogP contribution in [0, 0.1) is 11.3 Å². The van der Waals surface area contributed by atoms with Gasteiger partial charge in [-0.2, -0.15) is 0 Å². The van der Waals surface area contributed by atoms with E-state index in [4.69, 9.17) is 14.2 Å². The van der Waals surface area contributed by atoms with Crippen LogP contribution in [0.2, 0.25) is 0 Å². The van der Waals surface area contributed by atoms with Crippen LogP contribution in [0.1, 0.15) is 53.0 Å². The minimum absolute atomic E-state index is 0.140. The minimum Gasteiger partial charge on any atom is -0.465 e. The number of rotatable bonds is 7. The second kappa shape index (κ2) is 8.43. The second-order valence-corrected chi connectivity index (χ2v) is 9.14. The fraction of sp³-hybridized carbons (Fsp3) is 0.583. The third-order valence-electron chi connectivity index (χ3n) is 6.35. The van der Waals surface area contributed by atoms with Crippen LogP contribution in [0.4, 0.5) is 9.18 Å². The molecule has 8 nitrogen and oxygen atoms in total. The van der Waals surface area contributed by atoms with Crippen LogP contribution < -0.4 is 0 Å². The highest BCUT2D eigenvalue weighted by Gasteiger charge is 2.93. The third-order valence-corrected chi connectivity index (χ3v) is 6.35. The molecule has 9 heteroatoms. The van der Waals surface area contributed by atoms with Crippen molar-refractivity contribution in [3.63, 3.8) is 0 Å². The lowest BCUT2D eigenvalue weighted by atomic mass is 9.88. The van der Waals surface area contributed by atoms with E-state index in [0.29, 0.717) is 4.90 Å². The van der Waals surface area contributed by atoms with E-state index < -0.39 is 52.6 Å². The van der Waals surface area contributed by atoms with Gasteiger partial charge in [0, 0.05) is 0 Å². The Labute approximate surface area is 192 Å². The van der Waals surface area contributed by atoms with Gasteiger partial charge in [-0.25, -0.2) is 14.1 Å². The van der Waals surface area contributed by atoms with E-state index in [1.165, 1.54) is 26.0 Å². The normalized spacial score (nSPS) is 27.2. The molecular formula is C24H30FNO7. The summed E-state index contributed by atoms with van der Waals surface area (Å²) in [5, 5.41) is 0. The molecule has 0 bridgehead atoms. The molecule has 1 saturated carbocycles. The van der Waals surface area contributed by atoms with Crippen molar-refractivity contribution in [1.82, 2.24) is 4.90 Å². The summed E-state index contributed by atoms with van der Waals surface area (Å²) in [4.78, 5) is 53.5. The van der Waals surface area contributed by atoms with E-state index in [2.05, 4.69) is 0 Å². The standard InChI is InChI=1S/C24H30FNO7/c1-7-31-19(28)23(20(29)32-8-2)16(15-12-10-9-11-13-15)24(23,25)18(27)26-17(14(3)4)22(5,6)33-21(26)30/h9-14,16-17H,7-8H2,1-6H3/t16?,17-,24?/m0/s1. The molecule has 0 radical (unpaired) electrons. The first kappa shape index (κ1) is 24.7. The molecule has 1 aliphatic carbocycles. The number of amides is 2. The van der Waals surface area contributed by atoms with Gasteiger partial charge in [0.2, 0.25) is 11.1 Å². The summed E-state index contributed by atoms with van der Waals surface area (Å²) in [5.74, 6) is -5.54. The number of nitrogens with zero attached hydrogens (tertiary/aromatic N) is 1. The monoisotopic (exact) mass is 463 g/mol. The van der Waals surface area contributed by atoms with E-state index in [-0.39, 0.29) is 24.7 Å². The maximum absolute atomic E-state index is 17.0. The number of ether oxygens (including phenoxy) is 3.